The van der Waals surface area contributed by atoms with Gasteiger partial charge in [0.15, 0.2) is 11.9 Å². The van der Waals surface area contributed by atoms with Crippen molar-refractivity contribution in [1.82, 2.24) is 0 Å². The van der Waals surface area contributed by atoms with E-state index in [0.29, 0.717) is 0 Å². The van der Waals surface area contributed by atoms with Crippen LogP contribution in [0.2, 0.25) is 0 Å². The van der Waals surface area contributed by atoms with E-state index in [1.165, 1.54) is 7.11 Å². The first-order valence-corrected chi connectivity index (χ1v) is 6.23. The number of carbonyl (C=O) groups is 1. The third-order valence-electron chi connectivity index (χ3n) is 2.53. The van der Waals surface area contributed by atoms with Crippen molar-refractivity contribution in [3.63, 3.8) is 0 Å². The second-order valence-corrected chi connectivity index (χ2v) is 5.00. The molecule has 0 aromatic rings. The summed E-state index contributed by atoms with van der Waals surface area (Å²) in [6.07, 6.45) is -4.58. The predicted octanol–water partition coefficient (Wildman–Crippen LogP) is -0.232. The molecule has 0 amide bonds. The molecule has 4 atom stereocenters. The Hall–Kier alpha value is -0.000000000000000222. The number of halogens is 1. The first-order valence-electron chi connectivity index (χ1n) is 5.35. The van der Waals surface area contributed by atoms with Gasteiger partial charge in [-0.2, -0.15) is 0 Å². The number of carbonyl (C=O) groups excluding carboxylic acids is 1. The van der Waals surface area contributed by atoms with Crippen LogP contribution in [-0.4, -0.2) is 60.1 Å². The Kier molecular flexibility index (Phi) is 5.74. The van der Waals surface area contributed by atoms with E-state index in [4.69, 9.17) is 12.5 Å². The van der Waals surface area contributed by atoms with Gasteiger partial charge in [0.2, 0.25) is 0 Å². The van der Waals surface area contributed by atoms with Crippen LogP contribution in [0.15, 0.2) is 0 Å². The second-order valence-electron chi connectivity index (χ2n) is 4.38. The first-order chi connectivity index (χ1) is 8.32. The molecule has 0 bridgehead atoms. The summed E-state index contributed by atoms with van der Waals surface area (Å²) in [6.45, 7) is 3.13. The third kappa shape index (κ3) is 3.75. The molecule has 18 heavy (non-hydrogen) atoms. The third-order valence-corrected chi connectivity index (χ3v) is 2.89. The molecule has 0 saturated carbocycles. The molecule has 2 N–H and O–H groups in total. The highest BCUT2D eigenvalue weighted by molar-refractivity contribution is 14.1. The Morgan fingerprint density at radius 1 is 1.44 bits per heavy atom. The zero-order valence-electron chi connectivity index (χ0n) is 10.3. The van der Waals surface area contributed by atoms with E-state index in [-0.39, 0.29) is 6.61 Å². The molecule has 1 aliphatic heterocycles. The minimum absolute atomic E-state index is 0.0874. The summed E-state index contributed by atoms with van der Waals surface area (Å²) in [4.78, 5) is 11.5. The van der Waals surface area contributed by atoms with Crippen LogP contribution >= 0.6 is 23.0 Å². The van der Waals surface area contributed by atoms with E-state index >= 15 is 0 Å². The van der Waals surface area contributed by atoms with Gasteiger partial charge < -0.3 is 27.5 Å². The van der Waals surface area contributed by atoms with Crippen LogP contribution in [0.4, 0.5) is 0 Å². The normalized spacial score (nSPS) is 29.9. The summed E-state index contributed by atoms with van der Waals surface area (Å²) in [5, 5.41) is 19.6. The van der Waals surface area contributed by atoms with Crippen molar-refractivity contribution in [1.29, 1.82) is 0 Å². The van der Waals surface area contributed by atoms with Gasteiger partial charge in [-0.3, -0.25) is 0 Å². The fraction of sp³-hybridized carbons (Fsp3) is 0.900. The summed E-state index contributed by atoms with van der Waals surface area (Å²) < 4.78 is 20.1. The standard InChI is InChI=1S/C10H17IO7/c1-10(2)17-7(6(13)5(12)4-16-11)8(18-10)9(14)15-3/h5-8,12-13H,4H2,1-3H3/t5-,6+,7-,8-/m0/s1. The van der Waals surface area contributed by atoms with Crippen LogP contribution < -0.4 is 0 Å². The van der Waals surface area contributed by atoms with Gasteiger partial charge in [-0.1, -0.05) is 0 Å². The SMILES string of the molecule is COC(=O)[C@H]1OC(C)(C)O[C@H]1[C@H](O)[C@@H](O)COI. The molecule has 0 aromatic carbocycles. The molecule has 0 aliphatic carbocycles. The number of hydrogen-bond acceptors (Lipinski definition) is 7. The van der Waals surface area contributed by atoms with E-state index in [1.54, 1.807) is 36.9 Å². The quantitative estimate of drug-likeness (QED) is 0.506. The molecular weight excluding hydrogens is 359 g/mol. The van der Waals surface area contributed by atoms with E-state index < -0.39 is 36.2 Å². The number of methoxy groups -OCH3 is 1. The Morgan fingerprint density at radius 3 is 2.56 bits per heavy atom. The summed E-state index contributed by atoms with van der Waals surface area (Å²) in [6, 6.07) is 0. The Morgan fingerprint density at radius 2 is 2.06 bits per heavy atom. The van der Waals surface area contributed by atoms with Crippen molar-refractivity contribution >= 4 is 29.0 Å². The molecule has 7 nitrogen and oxygen atoms in total. The maximum atomic E-state index is 11.5. The first kappa shape index (κ1) is 16.1. The van der Waals surface area contributed by atoms with Crippen molar-refractivity contribution in [3.05, 3.63) is 0 Å². The van der Waals surface area contributed by atoms with Gasteiger partial charge >= 0.3 is 5.97 Å². The molecule has 1 aliphatic rings. The lowest BCUT2D eigenvalue weighted by molar-refractivity contribution is -0.171. The molecule has 0 unspecified atom stereocenters. The van der Waals surface area contributed by atoms with E-state index in [1.807, 2.05) is 0 Å². The fourth-order valence-corrected chi connectivity index (χ4v) is 2.09. The van der Waals surface area contributed by atoms with E-state index in [0.717, 1.165) is 0 Å². The maximum absolute atomic E-state index is 11.5. The van der Waals surface area contributed by atoms with Gasteiger partial charge in [-0.25, -0.2) is 4.79 Å². The predicted molar refractivity (Wildman–Crippen MR) is 67.8 cm³/mol. The average molecular weight is 376 g/mol. The molecule has 0 aromatic heterocycles. The van der Waals surface area contributed by atoms with Gasteiger partial charge in [0.1, 0.15) is 41.3 Å². The highest BCUT2D eigenvalue weighted by Gasteiger charge is 2.50. The van der Waals surface area contributed by atoms with Crippen LogP contribution in [0.5, 0.6) is 0 Å². The number of ether oxygens (including phenoxy) is 3. The Labute approximate surface area is 119 Å². The van der Waals surface area contributed by atoms with Crippen molar-refractivity contribution in [2.45, 2.75) is 44.1 Å². The summed E-state index contributed by atoms with van der Waals surface area (Å²) in [7, 11) is 1.21. The van der Waals surface area contributed by atoms with Crippen LogP contribution in [0.1, 0.15) is 13.8 Å². The van der Waals surface area contributed by atoms with Crippen LogP contribution in [0.25, 0.3) is 0 Å². The maximum Gasteiger partial charge on any atom is 0.337 e. The van der Waals surface area contributed by atoms with Crippen molar-refractivity contribution in [2.24, 2.45) is 0 Å². The molecule has 0 spiro atoms. The zero-order valence-corrected chi connectivity index (χ0v) is 12.5. The Bertz CT molecular complexity index is 296. The molecule has 1 saturated heterocycles. The van der Waals surface area contributed by atoms with Crippen molar-refractivity contribution in [3.8, 4) is 0 Å². The molecule has 1 fully saturated rings. The largest absolute Gasteiger partial charge is 0.467 e. The van der Waals surface area contributed by atoms with Crippen LogP contribution in [-0.2, 0) is 22.1 Å². The van der Waals surface area contributed by atoms with E-state index in [2.05, 4.69) is 4.74 Å². The summed E-state index contributed by atoms with van der Waals surface area (Å²) in [5.74, 6) is -1.69. The lowest BCUT2D eigenvalue weighted by Crippen LogP contribution is -2.47. The van der Waals surface area contributed by atoms with Crippen molar-refractivity contribution < 1.29 is 32.3 Å². The average Bonchev–Trinajstić information content (AvgIpc) is 2.63. The van der Waals surface area contributed by atoms with Gasteiger partial charge in [0.05, 0.1) is 13.7 Å². The minimum atomic E-state index is -1.31. The highest BCUT2D eigenvalue weighted by Crippen LogP contribution is 2.31. The van der Waals surface area contributed by atoms with Crippen LogP contribution in [0, 0.1) is 0 Å². The molecular formula is C10H17IO7. The monoisotopic (exact) mass is 376 g/mol. The molecule has 8 heteroatoms. The highest BCUT2D eigenvalue weighted by atomic mass is 127. The van der Waals surface area contributed by atoms with Crippen molar-refractivity contribution in [2.75, 3.05) is 13.7 Å². The lowest BCUT2D eigenvalue weighted by Gasteiger charge is -2.24. The van der Waals surface area contributed by atoms with Gasteiger partial charge in [-0.15, -0.1) is 0 Å². The number of esters is 1. The molecule has 0 radical (unpaired) electrons. The number of aliphatic hydroxyl groups is 2. The molecule has 1 heterocycles. The Balaban J connectivity index is 2.80. The minimum Gasteiger partial charge on any atom is -0.467 e. The van der Waals surface area contributed by atoms with Crippen LogP contribution in [0.3, 0.4) is 0 Å². The van der Waals surface area contributed by atoms with Gasteiger partial charge in [0.25, 0.3) is 0 Å². The number of hydrogen-bond donors (Lipinski definition) is 2. The zero-order chi connectivity index (χ0) is 13.9. The van der Waals surface area contributed by atoms with E-state index in [9.17, 15) is 15.0 Å². The van der Waals surface area contributed by atoms with Gasteiger partial charge in [0, 0.05) is 0 Å². The summed E-state index contributed by atoms with van der Waals surface area (Å²) in [5.41, 5.74) is 0. The fourth-order valence-electron chi connectivity index (χ4n) is 1.72. The van der Waals surface area contributed by atoms with Gasteiger partial charge in [-0.05, 0) is 13.8 Å². The molecule has 1 rings (SSSR count). The molecule has 106 valence electrons. The number of rotatable bonds is 5. The summed E-state index contributed by atoms with van der Waals surface area (Å²) >= 11 is 1.60. The second kappa shape index (κ2) is 6.44. The number of aliphatic hydroxyl groups excluding tert-OH is 2. The smallest absolute Gasteiger partial charge is 0.337 e. The topological polar surface area (TPSA) is 94.5 Å². The lowest BCUT2D eigenvalue weighted by atomic mass is 10.0.